The van der Waals surface area contributed by atoms with Crippen molar-refractivity contribution in [2.75, 3.05) is 23.3 Å². The Hall–Kier alpha value is -2.94. The maximum atomic E-state index is 12.2. The van der Waals surface area contributed by atoms with Crippen LogP contribution in [-0.4, -0.2) is 29.0 Å². The third-order valence-corrected chi connectivity index (χ3v) is 3.45. The first-order valence-electron chi connectivity index (χ1n) is 8.06. The van der Waals surface area contributed by atoms with Crippen molar-refractivity contribution in [1.29, 1.82) is 5.26 Å². The molecule has 2 rings (SSSR count). The number of anilines is 2. The summed E-state index contributed by atoms with van der Waals surface area (Å²) in [6, 6.07) is 8.70. The average Bonchev–Trinajstić information content (AvgIpc) is 2.62. The van der Waals surface area contributed by atoms with Gasteiger partial charge in [0.2, 0.25) is 0 Å². The van der Waals surface area contributed by atoms with Crippen molar-refractivity contribution in [3.05, 3.63) is 47.9 Å². The lowest BCUT2D eigenvalue weighted by Crippen LogP contribution is -2.26. The van der Waals surface area contributed by atoms with E-state index in [9.17, 15) is 4.79 Å². The Morgan fingerprint density at radius 3 is 2.29 bits per heavy atom. The lowest BCUT2D eigenvalue weighted by atomic mass is 10.2. The molecule has 1 aromatic heterocycles. The standard InChI is InChI=1S/C18H21N5O/c1-3-9-23(10-4-2)17-13-20-16(12-21-17)18(24)22-15-7-5-14(11-19)6-8-15/h5-8,12-13H,3-4,9-10H2,1-2H3,(H,22,24). The van der Waals surface area contributed by atoms with Crippen LogP contribution < -0.4 is 10.2 Å². The van der Waals surface area contributed by atoms with E-state index < -0.39 is 0 Å². The molecule has 1 heterocycles. The molecular formula is C18H21N5O. The zero-order valence-corrected chi connectivity index (χ0v) is 14.0. The molecule has 0 spiro atoms. The van der Waals surface area contributed by atoms with Crippen LogP contribution in [0.25, 0.3) is 0 Å². The number of carbonyl (C=O) groups is 1. The van der Waals surface area contributed by atoms with Gasteiger partial charge in [0.1, 0.15) is 11.5 Å². The van der Waals surface area contributed by atoms with Crippen LogP contribution in [0.3, 0.4) is 0 Å². The SMILES string of the molecule is CCCN(CCC)c1cnc(C(=O)Nc2ccc(C#N)cc2)cn1. The molecule has 2 aromatic rings. The minimum Gasteiger partial charge on any atom is -0.355 e. The molecule has 0 aliphatic carbocycles. The summed E-state index contributed by atoms with van der Waals surface area (Å²) >= 11 is 0. The number of rotatable bonds is 7. The van der Waals surface area contributed by atoms with Gasteiger partial charge in [-0.3, -0.25) is 4.79 Å². The molecule has 0 saturated carbocycles. The maximum Gasteiger partial charge on any atom is 0.275 e. The van der Waals surface area contributed by atoms with E-state index >= 15 is 0 Å². The molecule has 0 aliphatic heterocycles. The van der Waals surface area contributed by atoms with Crippen LogP contribution in [-0.2, 0) is 0 Å². The van der Waals surface area contributed by atoms with Gasteiger partial charge in [-0.05, 0) is 37.1 Å². The quantitative estimate of drug-likeness (QED) is 0.846. The minimum atomic E-state index is -0.323. The van der Waals surface area contributed by atoms with Gasteiger partial charge in [-0.1, -0.05) is 13.8 Å². The van der Waals surface area contributed by atoms with Crippen LogP contribution in [0.15, 0.2) is 36.7 Å². The number of hydrogen-bond acceptors (Lipinski definition) is 5. The fourth-order valence-corrected chi connectivity index (χ4v) is 2.31. The lowest BCUT2D eigenvalue weighted by Gasteiger charge is -2.22. The van der Waals surface area contributed by atoms with Gasteiger partial charge in [-0.2, -0.15) is 5.26 Å². The van der Waals surface area contributed by atoms with Crippen molar-refractivity contribution in [2.24, 2.45) is 0 Å². The summed E-state index contributed by atoms with van der Waals surface area (Å²) in [7, 11) is 0. The predicted octanol–water partition coefficient (Wildman–Crippen LogP) is 3.23. The first-order valence-corrected chi connectivity index (χ1v) is 8.06. The first-order chi connectivity index (χ1) is 11.7. The van der Waals surface area contributed by atoms with Crippen LogP contribution in [0.2, 0.25) is 0 Å². The normalized spacial score (nSPS) is 10.0. The highest BCUT2D eigenvalue weighted by atomic mass is 16.1. The van der Waals surface area contributed by atoms with Gasteiger partial charge in [0.25, 0.3) is 5.91 Å². The van der Waals surface area contributed by atoms with E-state index in [0.717, 1.165) is 31.7 Å². The number of nitrogens with zero attached hydrogens (tertiary/aromatic N) is 4. The second kappa shape index (κ2) is 8.63. The van der Waals surface area contributed by atoms with Gasteiger partial charge < -0.3 is 10.2 Å². The second-order valence-corrected chi connectivity index (χ2v) is 5.39. The monoisotopic (exact) mass is 323 g/mol. The van der Waals surface area contributed by atoms with E-state index in [1.165, 1.54) is 6.20 Å². The second-order valence-electron chi connectivity index (χ2n) is 5.39. The summed E-state index contributed by atoms with van der Waals surface area (Å²) in [5.74, 6) is 0.463. The van der Waals surface area contributed by atoms with E-state index in [4.69, 9.17) is 5.26 Å². The predicted molar refractivity (Wildman–Crippen MR) is 93.9 cm³/mol. The van der Waals surface area contributed by atoms with Gasteiger partial charge in [0.15, 0.2) is 0 Å². The number of amides is 1. The van der Waals surface area contributed by atoms with E-state index in [-0.39, 0.29) is 11.6 Å². The Morgan fingerprint density at radius 2 is 1.79 bits per heavy atom. The molecule has 0 fully saturated rings. The van der Waals surface area contributed by atoms with Crippen molar-refractivity contribution >= 4 is 17.4 Å². The highest BCUT2D eigenvalue weighted by Gasteiger charge is 2.11. The van der Waals surface area contributed by atoms with E-state index in [2.05, 4.69) is 34.0 Å². The van der Waals surface area contributed by atoms with Crippen molar-refractivity contribution < 1.29 is 4.79 Å². The zero-order valence-electron chi connectivity index (χ0n) is 14.0. The highest BCUT2D eigenvalue weighted by Crippen LogP contribution is 2.13. The van der Waals surface area contributed by atoms with Gasteiger partial charge in [0, 0.05) is 18.8 Å². The summed E-state index contributed by atoms with van der Waals surface area (Å²) < 4.78 is 0. The summed E-state index contributed by atoms with van der Waals surface area (Å²) in [4.78, 5) is 23.0. The number of carbonyl (C=O) groups excluding carboxylic acids is 1. The van der Waals surface area contributed by atoms with Crippen molar-refractivity contribution in [3.63, 3.8) is 0 Å². The fraction of sp³-hybridized carbons (Fsp3) is 0.333. The number of hydrogen-bond donors (Lipinski definition) is 1. The number of nitriles is 1. The number of benzene rings is 1. The maximum absolute atomic E-state index is 12.2. The molecule has 24 heavy (non-hydrogen) atoms. The number of aromatic nitrogens is 2. The largest absolute Gasteiger partial charge is 0.355 e. The summed E-state index contributed by atoms with van der Waals surface area (Å²) in [5, 5.41) is 11.5. The van der Waals surface area contributed by atoms with Gasteiger partial charge in [-0.25, -0.2) is 9.97 Å². The topological polar surface area (TPSA) is 81.9 Å². The van der Waals surface area contributed by atoms with Crippen LogP contribution in [0.4, 0.5) is 11.5 Å². The molecule has 0 aliphatic rings. The van der Waals surface area contributed by atoms with E-state index in [1.54, 1.807) is 30.5 Å². The summed E-state index contributed by atoms with van der Waals surface area (Å²) in [6.07, 6.45) is 5.19. The first kappa shape index (κ1) is 17.4. The lowest BCUT2D eigenvalue weighted by molar-refractivity contribution is 0.102. The van der Waals surface area contributed by atoms with Crippen LogP contribution in [0.1, 0.15) is 42.7 Å². The third kappa shape index (κ3) is 4.53. The van der Waals surface area contributed by atoms with E-state index in [0.29, 0.717) is 11.3 Å². The summed E-state index contributed by atoms with van der Waals surface area (Å²) in [6.45, 7) is 6.07. The molecular weight excluding hydrogens is 302 g/mol. The molecule has 1 aromatic carbocycles. The molecule has 0 saturated heterocycles. The fourth-order valence-electron chi connectivity index (χ4n) is 2.31. The smallest absolute Gasteiger partial charge is 0.275 e. The Morgan fingerprint density at radius 1 is 1.12 bits per heavy atom. The third-order valence-electron chi connectivity index (χ3n) is 3.45. The van der Waals surface area contributed by atoms with Crippen molar-refractivity contribution in [2.45, 2.75) is 26.7 Å². The average molecular weight is 323 g/mol. The Labute approximate surface area is 142 Å². The van der Waals surface area contributed by atoms with Gasteiger partial charge in [0.05, 0.1) is 24.0 Å². The molecule has 124 valence electrons. The van der Waals surface area contributed by atoms with Crippen molar-refractivity contribution in [3.8, 4) is 6.07 Å². The molecule has 1 N–H and O–H groups in total. The summed E-state index contributed by atoms with van der Waals surface area (Å²) in [5.41, 5.74) is 1.42. The molecule has 6 heteroatoms. The molecule has 0 unspecified atom stereocenters. The Kier molecular flexibility index (Phi) is 6.26. The van der Waals surface area contributed by atoms with Crippen LogP contribution >= 0.6 is 0 Å². The van der Waals surface area contributed by atoms with Crippen LogP contribution in [0.5, 0.6) is 0 Å². The Balaban J connectivity index is 2.05. The van der Waals surface area contributed by atoms with Crippen molar-refractivity contribution in [1.82, 2.24) is 9.97 Å². The molecule has 1 amide bonds. The molecule has 0 atom stereocenters. The van der Waals surface area contributed by atoms with Gasteiger partial charge in [-0.15, -0.1) is 0 Å². The number of nitrogens with one attached hydrogen (secondary N) is 1. The zero-order chi connectivity index (χ0) is 17.4. The minimum absolute atomic E-state index is 0.260. The molecule has 6 nitrogen and oxygen atoms in total. The molecule has 0 bridgehead atoms. The Bertz CT molecular complexity index is 698. The molecule has 0 radical (unpaired) electrons. The van der Waals surface area contributed by atoms with E-state index in [1.807, 2.05) is 6.07 Å². The van der Waals surface area contributed by atoms with Crippen LogP contribution in [0, 0.1) is 11.3 Å². The highest BCUT2D eigenvalue weighted by molar-refractivity contribution is 6.02. The van der Waals surface area contributed by atoms with Gasteiger partial charge >= 0.3 is 0 Å².